The van der Waals surface area contributed by atoms with Gasteiger partial charge in [0.2, 0.25) is 5.88 Å². The Bertz CT molecular complexity index is 737. The fourth-order valence-electron chi connectivity index (χ4n) is 2.28. The average Bonchev–Trinajstić information content (AvgIpc) is 2.98. The zero-order valence-electron chi connectivity index (χ0n) is 14.3. The Labute approximate surface area is 146 Å². The number of ether oxygens (including phenoxy) is 2. The molecule has 0 aliphatic heterocycles. The van der Waals surface area contributed by atoms with E-state index >= 15 is 0 Å². The normalized spacial score (nSPS) is 11.4. The number of nitrogens with zero attached hydrogens (tertiary/aromatic N) is 2. The van der Waals surface area contributed by atoms with Crippen LogP contribution >= 0.6 is 0 Å². The van der Waals surface area contributed by atoms with Crippen molar-refractivity contribution in [2.75, 3.05) is 19.0 Å². The number of aromatic nitrogens is 2. The molecule has 1 N–H and O–H groups in total. The Balaban J connectivity index is 2.13. The first-order valence-corrected chi connectivity index (χ1v) is 7.73. The number of methoxy groups -OCH3 is 1. The standard InChI is InChI=1S/C18H21N3O4/c1-4-9-25-17-11-16(20-21(17)2)19-15(18(23)24-3)10-13-5-7-14(12-22)8-6-13/h4-8,11-12,15H,1,9-10H2,2-3H3,(H,19,20)/t15-/m0/s1. The molecule has 132 valence electrons. The first-order valence-electron chi connectivity index (χ1n) is 7.73. The first kappa shape index (κ1) is 18.3. The molecule has 0 radical (unpaired) electrons. The SMILES string of the molecule is C=CCOc1cc(N[C@@H](Cc2ccc(C=O)cc2)C(=O)OC)nn1C. The molecule has 0 unspecified atom stereocenters. The van der Waals surface area contributed by atoms with Gasteiger partial charge in [-0.3, -0.25) is 4.79 Å². The fourth-order valence-corrected chi connectivity index (χ4v) is 2.28. The molecule has 0 spiro atoms. The van der Waals surface area contributed by atoms with Gasteiger partial charge in [0.1, 0.15) is 18.9 Å². The van der Waals surface area contributed by atoms with Crippen molar-refractivity contribution in [2.45, 2.75) is 12.5 Å². The Morgan fingerprint density at radius 3 is 2.72 bits per heavy atom. The van der Waals surface area contributed by atoms with E-state index in [1.54, 1.807) is 48.1 Å². The number of hydrogen-bond donors (Lipinski definition) is 1. The number of nitrogens with one attached hydrogen (secondary N) is 1. The molecule has 25 heavy (non-hydrogen) atoms. The van der Waals surface area contributed by atoms with E-state index in [0.717, 1.165) is 11.8 Å². The Hall–Kier alpha value is -3.09. The van der Waals surface area contributed by atoms with E-state index in [1.807, 2.05) is 0 Å². The van der Waals surface area contributed by atoms with E-state index in [0.29, 0.717) is 30.3 Å². The number of aryl methyl sites for hydroxylation is 1. The third-order valence-electron chi connectivity index (χ3n) is 3.55. The average molecular weight is 343 g/mol. The minimum Gasteiger partial charge on any atom is -0.474 e. The number of hydrogen-bond acceptors (Lipinski definition) is 6. The van der Waals surface area contributed by atoms with Crippen LogP contribution in [-0.2, 0) is 23.0 Å². The van der Waals surface area contributed by atoms with Gasteiger partial charge >= 0.3 is 5.97 Å². The first-order chi connectivity index (χ1) is 12.1. The quantitative estimate of drug-likeness (QED) is 0.426. The van der Waals surface area contributed by atoms with E-state index in [9.17, 15) is 9.59 Å². The van der Waals surface area contributed by atoms with Crippen molar-refractivity contribution in [3.63, 3.8) is 0 Å². The largest absolute Gasteiger partial charge is 0.474 e. The van der Waals surface area contributed by atoms with Gasteiger partial charge < -0.3 is 14.8 Å². The molecular weight excluding hydrogens is 322 g/mol. The maximum Gasteiger partial charge on any atom is 0.328 e. The summed E-state index contributed by atoms with van der Waals surface area (Å²) < 4.78 is 11.9. The van der Waals surface area contributed by atoms with Crippen LogP contribution in [0.15, 0.2) is 43.0 Å². The molecule has 0 aliphatic carbocycles. The maximum absolute atomic E-state index is 12.1. The van der Waals surface area contributed by atoms with Crippen molar-refractivity contribution in [1.82, 2.24) is 9.78 Å². The molecule has 7 nitrogen and oxygen atoms in total. The minimum absolute atomic E-state index is 0.364. The van der Waals surface area contributed by atoms with Crippen LogP contribution in [0.3, 0.4) is 0 Å². The summed E-state index contributed by atoms with van der Waals surface area (Å²) in [6.07, 6.45) is 2.81. The lowest BCUT2D eigenvalue weighted by molar-refractivity contribution is -0.141. The lowest BCUT2D eigenvalue weighted by Gasteiger charge is -2.16. The highest BCUT2D eigenvalue weighted by Gasteiger charge is 2.21. The zero-order chi connectivity index (χ0) is 18.2. The summed E-state index contributed by atoms with van der Waals surface area (Å²) >= 11 is 0. The third-order valence-corrected chi connectivity index (χ3v) is 3.55. The molecule has 0 aliphatic rings. The predicted molar refractivity (Wildman–Crippen MR) is 93.9 cm³/mol. The van der Waals surface area contributed by atoms with Crippen LogP contribution in [0.25, 0.3) is 0 Å². The molecule has 0 saturated heterocycles. The monoisotopic (exact) mass is 343 g/mol. The minimum atomic E-state index is -0.616. The lowest BCUT2D eigenvalue weighted by Crippen LogP contribution is -2.33. The summed E-state index contributed by atoms with van der Waals surface area (Å²) in [5.41, 5.74) is 1.48. The molecule has 1 aromatic carbocycles. The molecule has 0 saturated carbocycles. The Morgan fingerprint density at radius 2 is 2.12 bits per heavy atom. The molecule has 1 heterocycles. The van der Waals surface area contributed by atoms with Crippen LogP contribution in [0.1, 0.15) is 15.9 Å². The second-order valence-corrected chi connectivity index (χ2v) is 5.37. The second-order valence-electron chi connectivity index (χ2n) is 5.37. The van der Waals surface area contributed by atoms with E-state index in [4.69, 9.17) is 9.47 Å². The lowest BCUT2D eigenvalue weighted by atomic mass is 10.0. The second kappa shape index (κ2) is 8.68. The van der Waals surface area contributed by atoms with Crippen LogP contribution in [0, 0.1) is 0 Å². The van der Waals surface area contributed by atoms with Gasteiger partial charge in [0, 0.05) is 25.1 Å². The molecule has 1 aromatic heterocycles. The number of benzene rings is 1. The van der Waals surface area contributed by atoms with Crippen LogP contribution in [0.4, 0.5) is 5.82 Å². The number of aldehydes is 1. The number of rotatable bonds is 9. The van der Waals surface area contributed by atoms with Crippen molar-refractivity contribution < 1.29 is 19.1 Å². The molecule has 0 bridgehead atoms. The maximum atomic E-state index is 12.1. The van der Waals surface area contributed by atoms with Gasteiger partial charge in [-0.25, -0.2) is 9.48 Å². The highest BCUT2D eigenvalue weighted by Crippen LogP contribution is 2.18. The number of carbonyl (C=O) groups is 2. The summed E-state index contributed by atoms with van der Waals surface area (Å²) in [4.78, 5) is 22.8. The molecule has 0 fully saturated rings. The summed E-state index contributed by atoms with van der Waals surface area (Å²) in [5.74, 6) is 0.654. The van der Waals surface area contributed by atoms with E-state index in [-0.39, 0.29) is 0 Å². The number of esters is 1. The van der Waals surface area contributed by atoms with Gasteiger partial charge in [-0.1, -0.05) is 36.9 Å². The molecule has 1 atom stereocenters. The summed E-state index contributed by atoms with van der Waals surface area (Å²) in [7, 11) is 3.08. The highest BCUT2D eigenvalue weighted by atomic mass is 16.5. The predicted octanol–water partition coefficient (Wildman–Crippen LogP) is 1.99. The fraction of sp³-hybridized carbons (Fsp3) is 0.278. The smallest absolute Gasteiger partial charge is 0.328 e. The van der Waals surface area contributed by atoms with Gasteiger partial charge in [0.05, 0.1) is 7.11 Å². The third kappa shape index (κ3) is 4.94. The molecule has 7 heteroatoms. The Kier molecular flexibility index (Phi) is 6.33. The van der Waals surface area contributed by atoms with Gasteiger partial charge in [0.25, 0.3) is 0 Å². The van der Waals surface area contributed by atoms with Crippen LogP contribution in [0.5, 0.6) is 5.88 Å². The van der Waals surface area contributed by atoms with Gasteiger partial charge in [-0.2, -0.15) is 5.10 Å². The van der Waals surface area contributed by atoms with Crippen molar-refractivity contribution in [1.29, 1.82) is 0 Å². The number of anilines is 1. The number of carbonyl (C=O) groups excluding carboxylic acids is 2. The van der Waals surface area contributed by atoms with Gasteiger partial charge in [-0.05, 0) is 5.56 Å². The van der Waals surface area contributed by atoms with Crippen LogP contribution < -0.4 is 10.1 Å². The van der Waals surface area contributed by atoms with Crippen LogP contribution in [-0.4, -0.2) is 41.8 Å². The van der Waals surface area contributed by atoms with Crippen molar-refractivity contribution in [2.24, 2.45) is 7.05 Å². The van der Waals surface area contributed by atoms with Crippen LogP contribution in [0.2, 0.25) is 0 Å². The topological polar surface area (TPSA) is 82.4 Å². The van der Waals surface area contributed by atoms with Gasteiger partial charge in [0.15, 0.2) is 5.82 Å². The summed E-state index contributed by atoms with van der Waals surface area (Å²) in [6.45, 7) is 3.96. The summed E-state index contributed by atoms with van der Waals surface area (Å²) in [5, 5.41) is 7.34. The van der Waals surface area contributed by atoms with Crippen molar-refractivity contribution in [3.8, 4) is 5.88 Å². The summed E-state index contributed by atoms with van der Waals surface area (Å²) in [6, 6.07) is 8.11. The van der Waals surface area contributed by atoms with E-state index < -0.39 is 12.0 Å². The molecule has 2 rings (SSSR count). The Morgan fingerprint density at radius 1 is 1.40 bits per heavy atom. The molecule has 0 amide bonds. The highest BCUT2D eigenvalue weighted by molar-refractivity contribution is 5.79. The van der Waals surface area contributed by atoms with Crippen molar-refractivity contribution in [3.05, 3.63) is 54.1 Å². The van der Waals surface area contributed by atoms with E-state index in [1.165, 1.54) is 7.11 Å². The molecule has 2 aromatic rings. The van der Waals surface area contributed by atoms with E-state index in [2.05, 4.69) is 17.0 Å². The van der Waals surface area contributed by atoms with Gasteiger partial charge in [-0.15, -0.1) is 0 Å². The zero-order valence-corrected chi connectivity index (χ0v) is 14.3. The molecular formula is C18H21N3O4. The van der Waals surface area contributed by atoms with Crippen molar-refractivity contribution >= 4 is 18.1 Å².